The fourth-order valence-electron chi connectivity index (χ4n) is 3.40. The third-order valence-corrected chi connectivity index (χ3v) is 11.2. The monoisotopic (exact) mass is 460 g/mol. The van der Waals surface area contributed by atoms with Gasteiger partial charge in [0.2, 0.25) is 0 Å². The highest BCUT2D eigenvalue weighted by atomic mass is 28.4. The number of nitrogens with zero attached hydrogens (tertiary/aromatic N) is 3. The maximum Gasteiger partial charge on any atom is 0.302 e. The number of nitrogens with one attached hydrogen (secondary N) is 1. The van der Waals surface area contributed by atoms with E-state index in [2.05, 4.69) is 56.3 Å². The molecule has 1 saturated heterocycles. The largest absolute Gasteiger partial charge is 0.463 e. The molecule has 0 spiro atoms. The number of ether oxygens (including phenoxy) is 3. The molecule has 10 nitrogen and oxygen atoms in total. The van der Waals surface area contributed by atoms with Crippen LogP contribution in [-0.2, 0) is 23.4 Å². The molecule has 0 aromatic carbocycles. The minimum Gasteiger partial charge on any atom is -0.463 e. The molecule has 180 valence electrons. The predicted molar refractivity (Wildman–Crippen MR) is 119 cm³/mol. The van der Waals surface area contributed by atoms with Crippen molar-refractivity contribution in [2.75, 3.05) is 13.2 Å². The summed E-state index contributed by atoms with van der Waals surface area (Å²) in [7, 11) is -2.38. The first-order valence-corrected chi connectivity index (χ1v) is 13.9. The molecule has 31 heavy (non-hydrogen) atoms. The molecular formula is C20H40N4O6Si. The fraction of sp³-hybridized carbons (Fsp3) is 0.950. The van der Waals surface area contributed by atoms with E-state index in [4.69, 9.17) is 18.6 Å². The van der Waals surface area contributed by atoms with E-state index in [1.165, 1.54) is 6.92 Å². The number of rotatable bonds is 12. The molecule has 11 heteroatoms. The van der Waals surface area contributed by atoms with Crippen LogP contribution < -0.4 is 5.48 Å². The van der Waals surface area contributed by atoms with Crippen LogP contribution in [0.5, 0.6) is 0 Å². The molecule has 1 aliphatic heterocycles. The Hall–Kier alpha value is -1.20. The van der Waals surface area contributed by atoms with Crippen LogP contribution in [-0.4, -0.2) is 63.3 Å². The van der Waals surface area contributed by atoms with Gasteiger partial charge < -0.3 is 23.8 Å². The molecule has 1 aliphatic rings. The normalized spacial score (nSPS) is 27.1. The van der Waals surface area contributed by atoms with Crippen LogP contribution in [0.1, 0.15) is 54.4 Å². The Kier molecular flexibility index (Phi) is 10.9. The molecule has 0 aliphatic carbocycles. The fourth-order valence-corrected chi connectivity index (χ4v) is 5.87. The molecule has 0 amide bonds. The number of hydrogen-bond donors (Lipinski definition) is 2. The summed E-state index contributed by atoms with van der Waals surface area (Å²) in [5, 5.41) is 13.7. The van der Waals surface area contributed by atoms with Gasteiger partial charge in [0, 0.05) is 18.4 Å². The first-order chi connectivity index (χ1) is 14.4. The third-order valence-electron chi connectivity index (χ3n) is 6.68. The summed E-state index contributed by atoms with van der Waals surface area (Å²) in [6.07, 6.45) is -0.640. The maximum absolute atomic E-state index is 11.4. The second-order valence-corrected chi connectivity index (χ2v) is 13.9. The summed E-state index contributed by atoms with van der Waals surface area (Å²) in [5.41, 5.74) is 11.4. The van der Waals surface area contributed by atoms with Crippen molar-refractivity contribution in [2.45, 2.75) is 103 Å². The highest BCUT2D eigenvalue weighted by Gasteiger charge is 2.52. The van der Waals surface area contributed by atoms with Crippen LogP contribution in [0.2, 0.25) is 18.1 Å². The highest BCUT2D eigenvalue weighted by Crippen LogP contribution is 2.46. The lowest BCUT2D eigenvalue weighted by Crippen LogP contribution is -2.65. The van der Waals surface area contributed by atoms with E-state index >= 15 is 0 Å². The lowest BCUT2D eigenvalue weighted by molar-refractivity contribution is -0.235. The lowest BCUT2D eigenvalue weighted by Gasteiger charge is -2.49. The van der Waals surface area contributed by atoms with Gasteiger partial charge in [0.1, 0.15) is 18.8 Å². The molecule has 0 bridgehead atoms. The van der Waals surface area contributed by atoms with Crippen molar-refractivity contribution >= 4 is 14.3 Å². The first kappa shape index (κ1) is 27.8. The van der Waals surface area contributed by atoms with Gasteiger partial charge in [-0.3, -0.25) is 4.79 Å². The van der Waals surface area contributed by atoms with Gasteiger partial charge in [0.25, 0.3) is 0 Å². The van der Waals surface area contributed by atoms with Crippen LogP contribution in [0.25, 0.3) is 10.4 Å². The molecule has 2 N–H and O–H groups in total. The highest BCUT2D eigenvalue weighted by molar-refractivity contribution is 6.74. The van der Waals surface area contributed by atoms with Gasteiger partial charge in [0.05, 0.1) is 12.1 Å². The van der Waals surface area contributed by atoms with Crippen molar-refractivity contribution < 1.29 is 28.6 Å². The molecule has 1 heterocycles. The van der Waals surface area contributed by atoms with Crippen LogP contribution >= 0.6 is 0 Å². The Morgan fingerprint density at radius 3 is 2.52 bits per heavy atom. The first-order valence-electron chi connectivity index (χ1n) is 10.9. The van der Waals surface area contributed by atoms with Gasteiger partial charge in [-0.05, 0) is 36.0 Å². The van der Waals surface area contributed by atoms with Crippen molar-refractivity contribution in [3.05, 3.63) is 10.4 Å². The smallest absolute Gasteiger partial charge is 0.302 e. The zero-order valence-electron chi connectivity index (χ0n) is 20.1. The summed E-state index contributed by atoms with van der Waals surface area (Å²) < 4.78 is 23.9. The summed E-state index contributed by atoms with van der Waals surface area (Å²) in [6.45, 7) is 16.5. The minimum absolute atomic E-state index is 0.0976. The van der Waals surface area contributed by atoms with E-state index < -0.39 is 44.9 Å². The molecule has 1 fully saturated rings. The maximum atomic E-state index is 11.4. The van der Waals surface area contributed by atoms with Crippen molar-refractivity contribution in [3.8, 4) is 0 Å². The molecule has 0 aromatic rings. The topological polar surface area (TPSA) is 135 Å². The average Bonchev–Trinajstić information content (AvgIpc) is 2.68. The number of esters is 1. The Balaban J connectivity index is 3.30. The second kappa shape index (κ2) is 12.1. The van der Waals surface area contributed by atoms with Gasteiger partial charge in [-0.2, -0.15) is 5.48 Å². The van der Waals surface area contributed by atoms with E-state index in [0.717, 1.165) is 12.8 Å². The van der Waals surface area contributed by atoms with Gasteiger partial charge >= 0.3 is 5.97 Å². The van der Waals surface area contributed by atoms with Crippen molar-refractivity contribution in [2.24, 2.45) is 11.0 Å². The Labute approximate surface area is 186 Å². The van der Waals surface area contributed by atoms with E-state index in [-0.39, 0.29) is 11.6 Å². The Morgan fingerprint density at radius 1 is 1.39 bits per heavy atom. The Morgan fingerprint density at radius 2 is 2.03 bits per heavy atom. The van der Waals surface area contributed by atoms with Crippen LogP contribution in [0.15, 0.2) is 5.11 Å². The molecule has 0 radical (unpaired) electrons. The van der Waals surface area contributed by atoms with Crippen molar-refractivity contribution in [1.29, 1.82) is 0 Å². The summed E-state index contributed by atoms with van der Waals surface area (Å²) >= 11 is 0. The van der Waals surface area contributed by atoms with E-state index in [1.54, 1.807) is 0 Å². The second-order valence-electron chi connectivity index (χ2n) is 9.39. The quantitative estimate of drug-likeness (QED) is 0.0849. The predicted octanol–water partition coefficient (Wildman–Crippen LogP) is 4.14. The van der Waals surface area contributed by atoms with Gasteiger partial charge in [0.15, 0.2) is 14.6 Å². The zero-order chi connectivity index (χ0) is 23.8. The number of unbranched alkanes of at least 4 members (excludes halogenated alkanes) is 1. The van der Waals surface area contributed by atoms with E-state index in [0.29, 0.717) is 12.5 Å². The van der Waals surface area contributed by atoms with E-state index in [9.17, 15) is 15.5 Å². The number of hydroxylamine groups is 1. The summed E-state index contributed by atoms with van der Waals surface area (Å²) in [4.78, 5) is 14.4. The number of carbonyl (C=O) groups is 1. The lowest BCUT2D eigenvalue weighted by atomic mass is 9.95. The van der Waals surface area contributed by atoms with E-state index in [1.807, 2.05) is 6.92 Å². The SMILES string of the molecule is CCCCOC1C(N=[N+]=[N-])[C@H](O[Si](C)(C)C(C)(C)C(C)C)OC(COC(C)=O)[C@H]1NO. The minimum atomic E-state index is -2.38. The van der Waals surface area contributed by atoms with Crippen molar-refractivity contribution in [1.82, 2.24) is 5.48 Å². The Bertz CT molecular complexity index is 627. The van der Waals surface area contributed by atoms with Crippen LogP contribution in [0.4, 0.5) is 0 Å². The average molecular weight is 461 g/mol. The molecule has 3 unspecified atom stereocenters. The van der Waals surface area contributed by atoms with Crippen molar-refractivity contribution in [3.63, 3.8) is 0 Å². The van der Waals surface area contributed by atoms with Crippen LogP contribution in [0.3, 0.4) is 0 Å². The standard InChI is InChI=1S/C20H40N4O6Si/c1-9-10-11-27-18-16(23-26)15(12-28-14(4)25)29-19(17(18)22-24-21)30-31(7,8)20(5,6)13(2)3/h13,15-19,23,26H,9-12H2,1-8H3/t15?,16-,17?,18?,19+/m1/s1. The zero-order valence-corrected chi connectivity index (χ0v) is 21.1. The van der Waals surface area contributed by atoms with Gasteiger partial charge in [-0.15, -0.1) is 0 Å². The summed E-state index contributed by atoms with van der Waals surface area (Å²) in [6, 6.07) is -1.59. The third kappa shape index (κ3) is 7.14. The molecule has 1 rings (SSSR count). The molecule has 0 saturated carbocycles. The van der Waals surface area contributed by atoms with Crippen LogP contribution in [0, 0.1) is 5.92 Å². The van der Waals surface area contributed by atoms with Gasteiger partial charge in [-0.25, -0.2) is 0 Å². The van der Waals surface area contributed by atoms with Gasteiger partial charge in [-0.1, -0.05) is 46.2 Å². The number of hydrogen-bond acceptors (Lipinski definition) is 8. The number of carbonyl (C=O) groups excluding carboxylic acids is 1. The number of azide groups is 1. The molecular weight excluding hydrogens is 420 g/mol. The summed E-state index contributed by atoms with van der Waals surface area (Å²) in [5.74, 6) is -0.106. The molecule has 5 atom stereocenters. The molecule has 0 aromatic heterocycles.